The van der Waals surface area contributed by atoms with E-state index < -0.39 is 6.09 Å². The topological polar surface area (TPSA) is 76.7 Å². The van der Waals surface area contributed by atoms with Crippen LogP contribution in [0, 0.1) is 0 Å². The maximum atomic E-state index is 11.7. The molecule has 2 rings (SSSR count). The van der Waals surface area contributed by atoms with Gasteiger partial charge in [-0.2, -0.15) is 0 Å². The summed E-state index contributed by atoms with van der Waals surface area (Å²) in [5, 5.41) is 0. The number of amides is 2. The Labute approximate surface area is 140 Å². The van der Waals surface area contributed by atoms with Crippen LogP contribution >= 0.6 is 0 Å². The Hall–Kier alpha value is -3.02. The first-order chi connectivity index (χ1) is 11.7. The molecule has 2 aromatic rings. The molecule has 6 heteroatoms. The number of methoxy groups -OCH3 is 1. The van der Waals surface area contributed by atoms with Crippen LogP contribution in [-0.4, -0.2) is 19.1 Å². The Kier molecular flexibility index (Phi) is 6.64. The lowest BCUT2D eigenvalue weighted by Gasteiger charge is -2.08. The van der Waals surface area contributed by atoms with Crippen molar-refractivity contribution in [3.8, 4) is 11.5 Å². The maximum Gasteiger partial charge on any atom is 0.431 e. The van der Waals surface area contributed by atoms with E-state index in [1.807, 2.05) is 30.3 Å². The van der Waals surface area contributed by atoms with E-state index in [2.05, 4.69) is 10.9 Å². The second-order valence-electron chi connectivity index (χ2n) is 5.08. The molecule has 2 N–H and O–H groups in total. The van der Waals surface area contributed by atoms with Gasteiger partial charge in [0.2, 0.25) is 5.91 Å². The predicted octanol–water partition coefficient (Wildman–Crippen LogP) is 2.84. The normalized spacial score (nSPS) is 9.88. The molecule has 0 unspecified atom stereocenters. The first-order valence-electron chi connectivity index (χ1n) is 7.62. The molecule has 24 heavy (non-hydrogen) atoms. The van der Waals surface area contributed by atoms with E-state index in [0.29, 0.717) is 18.6 Å². The van der Waals surface area contributed by atoms with Crippen LogP contribution in [-0.2, 0) is 11.2 Å². The van der Waals surface area contributed by atoms with Crippen LogP contribution < -0.4 is 20.3 Å². The maximum absolute atomic E-state index is 11.7. The van der Waals surface area contributed by atoms with Gasteiger partial charge >= 0.3 is 6.09 Å². The number of para-hydroxylation sites is 1. The fourth-order valence-corrected chi connectivity index (χ4v) is 2.09. The minimum absolute atomic E-state index is 0.275. The molecular weight excluding hydrogens is 308 g/mol. The van der Waals surface area contributed by atoms with E-state index in [4.69, 9.17) is 9.47 Å². The predicted molar refractivity (Wildman–Crippen MR) is 89.7 cm³/mol. The van der Waals surface area contributed by atoms with Crippen LogP contribution in [0.2, 0.25) is 0 Å². The number of ether oxygens (including phenoxy) is 2. The summed E-state index contributed by atoms with van der Waals surface area (Å²) in [4.78, 5) is 23.2. The highest BCUT2D eigenvalue weighted by atomic mass is 16.6. The molecule has 0 aliphatic carbocycles. The fraction of sp³-hybridized carbons (Fsp3) is 0.222. The molecule has 0 bridgehead atoms. The molecule has 0 spiro atoms. The minimum atomic E-state index is -0.734. The van der Waals surface area contributed by atoms with Crippen LogP contribution in [0.3, 0.4) is 0 Å². The SMILES string of the molecule is COc1cccc(CCCC(=O)NNC(=O)Oc2ccccc2)c1. The number of hydrogen-bond acceptors (Lipinski definition) is 4. The lowest BCUT2D eigenvalue weighted by molar-refractivity contribution is -0.122. The summed E-state index contributed by atoms with van der Waals surface area (Å²) in [7, 11) is 1.62. The van der Waals surface area contributed by atoms with E-state index in [1.165, 1.54) is 0 Å². The van der Waals surface area contributed by atoms with Gasteiger partial charge in [0.1, 0.15) is 11.5 Å². The fourth-order valence-electron chi connectivity index (χ4n) is 2.09. The van der Waals surface area contributed by atoms with E-state index in [9.17, 15) is 9.59 Å². The van der Waals surface area contributed by atoms with Gasteiger partial charge in [-0.25, -0.2) is 10.2 Å². The van der Waals surface area contributed by atoms with Gasteiger partial charge in [-0.3, -0.25) is 10.2 Å². The highest BCUT2D eigenvalue weighted by molar-refractivity contribution is 5.79. The van der Waals surface area contributed by atoms with Crippen molar-refractivity contribution in [2.45, 2.75) is 19.3 Å². The average Bonchev–Trinajstić information content (AvgIpc) is 2.61. The number of rotatable bonds is 6. The molecule has 0 fully saturated rings. The summed E-state index contributed by atoms with van der Waals surface area (Å²) in [6.45, 7) is 0. The lowest BCUT2D eigenvalue weighted by atomic mass is 10.1. The van der Waals surface area contributed by atoms with Gasteiger partial charge in [0.05, 0.1) is 7.11 Å². The molecule has 0 saturated heterocycles. The van der Waals surface area contributed by atoms with Crippen molar-refractivity contribution in [3.63, 3.8) is 0 Å². The summed E-state index contributed by atoms with van der Waals surface area (Å²) in [6.07, 6.45) is 0.971. The lowest BCUT2D eigenvalue weighted by Crippen LogP contribution is -2.43. The van der Waals surface area contributed by atoms with E-state index in [0.717, 1.165) is 17.7 Å². The minimum Gasteiger partial charge on any atom is -0.497 e. The first-order valence-corrected chi connectivity index (χ1v) is 7.62. The second kappa shape index (κ2) is 9.19. The van der Waals surface area contributed by atoms with Crippen LogP contribution in [0.25, 0.3) is 0 Å². The summed E-state index contributed by atoms with van der Waals surface area (Å²) in [6, 6.07) is 16.3. The summed E-state index contributed by atoms with van der Waals surface area (Å²) in [5.74, 6) is 0.924. The molecule has 0 saturated carbocycles. The van der Waals surface area contributed by atoms with Crippen molar-refractivity contribution in [3.05, 3.63) is 60.2 Å². The molecule has 6 nitrogen and oxygen atoms in total. The quantitative estimate of drug-likeness (QED) is 0.800. The Morgan fingerprint density at radius 1 is 0.958 bits per heavy atom. The highest BCUT2D eigenvalue weighted by Gasteiger charge is 2.06. The molecule has 2 amide bonds. The highest BCUT2D eigenvalue weighted by Crippen LogP contribution is 2.14. The molecule has 0 aliphatic heterocycles. The summed E-state index contributed by atoms with van der Waals surface area (Å²) in [5.41, 5.74) is 5.64. The van der Waals surface area contributed by atoms with Crippen molar-refractivity contribution >= 4 is 12.0 Å². The standard InChI is InChI=1S/C18H20N2O4/c1-23-16-11-5-7-14(13-16)8-6-12-17(21)19-20-18(22)24-15-9-3-2-4-10-15/h2-5,7,9-11,13H,6,8,12H2,1H3,(H,19,21)(H,20,22). The smallest absolute Gasteiger partial charge is 0.431 e. The van der Waals surface area contributed by atoms with Crippen molar-refractivity contribution in [1.29, 1.82) is 0 Å². The average molecular weight is 328 g/mol. The van der Waals surface area contributed by atoms with E-state index >= 15 is 0 Å². The van der Waals surface area contributed by atoms with E-state index in [1.54, 1.807) is 31.4 Å². The number of hydrazine groups is 1. The third-order valence-electron chi connectivity index (χ3n) is 3.26. The molecule has 0 radical (unpaired) electrons. The number of carbonyl (C=O) groups is 2. The zero-order chi connectivity index (χ0) is 17.2. The molecule has 0 heterocycles. The van der Waals surface area contributed by atoms with Gasteiger partial charge in [-0.1, -0.05) is 30.3 Å². The Balaban J connectivity index is 1.65. The summed E-state index contributed by atoms with van der Waals surface area (Å²) < 4.78 is 10.1. The molecule has 0 aromatic heterocycles. The van der Waals surface area contributed by atoms with Crippen LogP contribution in [0.5, 0.6) is 11.5 Å². The number of nitrogens with one attached hydrogen (secondary N) is 2. The van der Waals surface area contributed by atoms with Crippen molar-refractivity contribution in [2.75, 3.05) is 7.11 Å². The van der Waals surface area contributed by atoms with Crippen molar-refractivity contribution in [2.24, 2.45) is 0 Å². The van der Waals surface area contributed by atoms with Crippen molar-refractivity contribution < 1.29 is 19.1 Å². The van der Waals surface area contributed by atoms with Crippen LogP contribution in [0.15, 0.2) is 54.6 Å². The van der Waals surface area contributed by atoms with Gasteiger partial charge in [-0.15, -0.1) is 0 Å². The Bertz CT molecular complexity index is 674. The second-order valence-corrected chi connectivity index (χ2v) is 5.08. The van der Waals surface area contributed by atoms with Gasteiger partial charge in [0, 0.05) is 6.42 Å². The Morgan fingerprint density at radius 2 is 1.71 bits per heavy atom. The summed E-state index contributed by atoms with van der Waals surface area (Å²) >= 11 is 0. The Morgan fingerprint density at radius 3 is 2.46 bits per heavy atom. The number of carbonyl (C=O) groups excluding carboxylic acids is 2. The number of aryl methyl sites for hydroxylation is 1. The third-order valence-corrected chi connectivity index (χ3v) is 3.26. The zero-order valence-corrected chi connectivity index (χ0v) is 13.5. The zero-order valence-electron chi connectivity index (χ0n) is 13.5. The van der Waals surface area contributed by atoms with Gasteiger partial charge in [0.15, 0.2) is 0 Å². The van der Waals surface area contributed by atoms with Gasteiger partial charge in [0.25, 0.3) is 0 Å². The third kappa shape index (κ3) is 6.00. The van der Waals surface area contributed by atoms with E-state index in [-0.39, 0.29) is 5.91 Å². The molecule has 0 aliphatic rings. The largest absolute Gasteiger partial charge is 0.497 e. The monoisotopic (exact) mass is 328 g/mol. The molecule has 0 atom stereocenters. The van der Waals surface area contributed by atoms with Crippen molar-refractivity contribution in [1.82, 2.24) is 10.9 Å². The number of hydrogen-bond donors (Lipinski definition) is 2. The van der Waals surface area contributed by atoms with Gasteiger partial charge < -0.3 is 9.47 Å². The van der Waals surface area contributed by atoms with Crippen LogP contribution in [0.4, 0.5) is 4.79 Å². The molecule has 126 valence electrons. The molecular formula is C18H20N2O4. The van der Waals surface area contributed by atoms with Crippen LogP contribution in [0.1, 0.15) is 18.4 Å². The number of benzene rings is 2. The van der Waals surface area contributed by atoms with Gasteiger partial charge in [-0.05, 0) is 42.7 Å². The first kappa shape index (κ1) is 17.3. The molecule has 2 aromatic carbocycles.